The molecule has 1 aliphatic carbocycles. The molecular formula is C7H8OS. The van der Waals surface area contributed by atoms with Gasteiger partial charge in [-0.05, 0) is 6.08 Å². The zero-order valence-electron chi connectivity index (χ0n) is 5.20. The molecule has 1 nitrogen and oxygen atoms in total. The van der Waals surface area contributed by atoms with Gasteiger partial charge in [-0.15, -0.1) is 11.8 Å². The Bertz CT molecular complexity index is 183. The Morgan fingerprint density at radius 2 is 2.56 bits per heavy atom. The van der Waals surface area contributed by atoms with Crippen LogP contribution in [0.3, 0.4) is 0 Å². The van der Waals surface area contributed by atoms with Crippen LogP contribution >= 0.6 is 11.8 Å². The molecule has 1 aliphatic heterocycles. The molecule has 0 aromatic heterocycles. The van der Waals surface area contributed by atoms with E-state index in [-0.39, 0.29) is 0 Å². The van der Waals surface area contributed by atoms with Crippen molar-refractivity contribution in [2.24, 2.45) is 0 Å². The van der Waals surface area contributed by atoms with Crippen LogP contribution in [-0.4, -0.2) is 17.6 Å². The van der Waals surface area contributed by atoms with Crippen LogP contribution in [0.1, 0.15) is 0 Å². The highest BCUT2D eigenvalue weighted by Gasteiger charge is 2.41. The molecule has 0 radical (unpaired) electrons. The molecule has 2 atom stereocenters. The number of fused-ring (bicyclic) bond motifs is 1. The largest absolute Gasteiger partial charge is 0.500 e. The zero-order chi connectivity index (χ0) is 6.27. The molecule has 2 aliphatic rings. The Labute approximate surface area is 58.8 Å². The molecule has 48 valence electrons. The third-order valence-electron chi connectivity index (χ3n) is 1.60. The van der Waals surface area contributed by atoms with Gasteiger partial charge in [0.1, 0.15) is 5.76 Å². The van der Waals surface area contributed by atoms with Crippen molar-refractivity contribution in [3.8, 4) is 0 Å². The number of methoxy groups -OCH3 is 1. The number of rotatable bonds is 1. The third-order valence-corrected chi connectivity index (χ3v) is 2.85. The molecule has 2 heteroatoms. The molecule has 0 spiro atoms. The van der Waals surface area contributed by atoms with Gasteiger partial charge < -0.3 is 4.74 Å². The first-order chi connectivity index (χ1) is 4.42. The summed E-state index contributed by atoms with van der Waals surface area (Å²) >= 11 is 1.95. The molecule has 1 saturated heterocycles. The van der Waals surface area contributed by atoms with Crippen LogP contribution in [0.15, 0.2) is 24.0 Å². The van der Waals surface area contributed by atoms with Crippen molar-refractivity contribution in [1.82, 2.24) is 0 Å². The van der Waals surface area contributed by atoms with Crippen LogP contribution in [0, 0.1) is 0 Å². The van der Waals surface area contributed by atoms with Crippen molar-refractivity contribution in [3.05, 3.63) is 24.0 Å². The first-order valence-corrected chi connectivity index (χ1v) is 3.94. The molecule has 0 saturated carbocycles. The predicted molar refractivity (Wildman–Crippen MR) is 39.4 cm³/mol. The van der Waals surface area contributed by atoms with Crippen LogP contribution in [0.25, 0.3) is 0 Å². The first-order valence-electron chi connectivity index (χ1n) is 2.99. The summed E-state index contributed by atoms with van der Waals surface area (Å²) < 4.78 is 5.13. The topological polar surface area (TPSA) is 9.23 Å². The summed E-state index contributed by atoms with van der Waals surface area (Å²) in [6.07, 6.45) is 6.33. The molecule has 9 heavy (non-hydrogen) atoms. The number of hydrogen-bond acceptors (Lipinski definition) is 2. The summed E-state index contributed by atoms with van der Waals surface area (Å²) in [5.74, 6) is 1.13. The highest BCUT2D eigenvalue weighted by atomic mass is 32.2. The second-order valence-corrected chi connectivity index (χ2v) is 3.50. The molecule has 1 fully saturated rings. The molecule has 0 amide bonds. The molecule has 0 aromatic rings. The second kappa shape index (κ2) is 1.81. The number of ether oxygens (including phenoxy) is 1. The molecule has 0 N–H and O–H groups in total. The Morgan fingerprint density at radius 3 is 3.22 bits per heavy atom. The minimum absolute atomic E-state index is 0.653. The first kappa shape index (κ1) is 5.42. The summed E-state index contributed by atoms with van der Waals surface area (Å²) in [6.45, 7) is 0. The van der Waals surface area contributed by atoms with Crippen molar-refractivity contribution in [3.63, 3.8) is 0 Å². The van der Waals surface area contributed by atoms with Crippen molar-refractivity contribution in [1.29, 1.82) is 0 Å². The quantitative estimate of drug-likeness (QED) is 0.511. The molecule has 2 rings (SSSR count). The SMILES string of the molecule is COC1=CC=CC2SC12. The van der Waals surface area contributed by atoms with Crippen LogP contribution in [0.2, 0.25) is 0 Å². The Balaban J connectivity index is 2.20. The fourth-order valence-electron chi connectivity index (χ4n) is 1.04. The van der Waals surface area contributed by atoms with Crippen molar-refractivity contribution < 1.29 is 4.74 Å². The summed E-state index contributed by atoms with van der Waals surface area (Å²) in [7, 11) is 1.74. The van der Waals surface area contributed by atoms with E-state index in [0.717, 1.165) is 11.0 Å². The Morgan fingerprint density at radius 1 is 1.67 bits per heavy atom. The van der Waals surface area contributed by atoms with E-state index in [0.29, 0.717) is 5.25 Å². The van der Waals surface area contributed by atoms with Gasteiger partial charge in [0.25, 0.3) is 0 Å². The number of thioether (sulfide) groups is 1. The minimum atomic E-state index is 0.653. The van der Waals surface area contributed by atoms with Gasteiger partial charge in [-0.25, -0.2) is 0 Å². The smallest absolute Gasteiger partial charge is 0.110 e. The maximum Gasteiger partial charge on any atom is 0.110 e. The average molecular weight is 140 g/mol. The predicted octanol–water partition coefficient (Wildman–Crippen LogP) is 1.57. The normalized spacial score (nSPS) is 37.2. The summed E-state index contributed by atoms with van der Waals surface area (Å²) in [5.41, 5.74) is 0. The van der Waals surface area contributed by atoms with Gasteiger partial charge >= 0.3 is 0 Å². The summed E-state index contributed by atoms with van der Waals surface area (Å²) in [6, 6.07) is 0. The highest BCUT2D eigenvalue weighted by Crippen LogP contribution is 2.48. The lowest BCUT2D eigenvalue weighted by Gasteiger charge is -2.03. The molecule has 1 heterocycles. The van der Waals surface area contributed by atoms with E-state index in [9.17, 15) is 0 Å². The molecule has 0 aromatic carbocycles. The van der Waals surface area contributed by atoms with Crippen LogP contribution in [0.5, 0.6) is 0 Å². The molecule has 2 unspecified atom stereocenters. The standard InChI is InChI=1S/C7H8OS/c1-8-5-3-2-4-6-7(5)9-6/h2-4,6-7H,1H3. The third kappa shape index (κ3) is 0.778. The highest BCUT2D eigenvalue weighted by molar-refractivity contribution is 8.08. The minimum Gasteiger partial charge on any atom is -0.500 e. The zero-order valence-corrected chi connectivity index (χ0v) is 6.02. The van der Waals surface area contributed by atoms with Crippen LogP contribution in [-0.2, 0) is 4.74 Å². The Kier molecular flexibility index (Phi) is 1.09. The number of allylic oxidation sites excluding steroid dienone is 2. The van der Waals surface area contributed by atoms with Gasteiger partial charge in [0, 0.05) is 5.25 Å². The monoisotopic (exact) mass is 140 g/mol. The van der Waals surface area contributed by atoms with Crippen molar-refractivity contribution in [2.75, 3.05) is 7.11 Å². The maximum absolute atomic E-state index is 5.13. The summed E-state index contributed by atoms with van der Waals surface area (Å²) in [4.78, 5) is 0. The fraction of sp³-hybridized carbons (Fsp3) is 0.429. The molecule has 0 bridgehead atoms. The van der Waals surface area contributed by atoms with E-state index >= 15 is 0 Å². The second-order valence-electron chi connectivity index (χ2n) is 2.18. The van der Waals surface area contributed by atoms with Gasteiger partial charge in [0.2, 0.25) is 0 Å². The van der Waals surface area contributed by atoms with Crippen LogP contribution < -0.4 is 0 Å². The summed E-state index contributed by atoms with van der Waals surface area (Å²) in [5, 5.41) is 1.38. The van der Waals surface area contributed by atoms with E-state index in [1.165, 1.54) is 0 Å². The van der Waals surface area contributed by atoms with Gasteiger partial charge in [0.05, 0.1) is 12.4 Å². The lowest BCUT2D eigenvalue weighted by atomic mass is 10.2. The van der Waals surface area contributed by atoms with Gasteiger partial charge in [-0.2, -0.15) is 0 Å². The maximum atomic E-state index is 5.13. The van der Waals surface area contributed by atoms with Gasteiger partial charge in [-0.3, -0.25) is 0 Å². The van der Waals surface area contributed by atoms with E-state index in [1.807, 2.05) is 17.8 Å². The van der Waals surface area contributed by atoms with Gasteiger partial charge in [-0.1, -0.05) is 12.2 Å². The van der Waals surface area contributed by atoms with Crippen LogP contribution in [0.4, 0.5) is 0 Å². The lowest BCUT2D eigenvalue weighted by molar-refractivity contribution is 0.285. The Hall–Kier alpha value is -0.370. The fourth-order valence-corrected chi connectivity index (χ4v) is 2.00. The van der Waals surface area contributed by atoms with E-state index in [1.54, 1.807) is 7.11 Å². The van der Waals surface area contributed by atoms with Crippen molar-refractivity contribution in [2.45, 2.75) is 10.5 Å². The lowest BCUT2D eigenvalue weighted by Crippen LogP contribution is -2.00. The van der Waals surface area contributed by atoms with E-state index in [4.69, 9.17) is 4.74 Å². The van der Waals surface area contributed by atoms with Crippen molar-refractivity contribution >= 4 is 11.8 Å². The molecular weight excluding hydrogens is 132 g/mol. The van der Waals surface area contributed by atoms with Gasteiger partial charge in [0.15, 0.2) is 0 Å². The van der Waals surface area contributed by atoms with E-state index in [2.05, 4.69) is 12.2 Å². The van der Waals surface area contributed by atoms with E-state index < -0.39 is 0 Å². The number of hydrogen-bond donors (Lipinski definition) is 0. The average Bonchev–Trinajstić information content (AvgIpc) is 2.64.